The topological polar surface area (TPSA) is 95.2 Å². The number of hydrogen-bond donors (Lipinski definition) is 4. The zero-order chi connectivity index (χ0) is 16.9. The van der Waals surface area contributed by atoms with Gasteiger partial charge in [-0.25, -0.2) is 9.78 Å². The van der Waals surface area contributed by atoms with Crippen molar-refractivity contribution in [3.63, 3.8) is 0 Å². The van der Waals surface area contributed by atoms with Gasteiger partial charge in [-0.15, -0.1) is 0 Å². The highest BCUT2D eigenvalue weighted by molar-refractivity contribution is 5.89. The molecule has 124 valence electrons. The lowest BCUT2D eigenvalue weighted by Crippen LogP contribution is -2.30. The smallest absolute Gasteiger partial charge is 0.320 e. The molecule has 1 aliphatic rings. The third-order valence-electron chi connectivity index (χ3n) is 3.39. The van der Waals surface area contributed by atoms with E-state index in [1.54, 1.807) is 12.3 Å². The molecule has 0 radical (unpaired) electrons. The Hall–Kier alpha value is -3.09. The van der Waals surface area contributed by atoms with Crippen LogP contribution in [0.3, 0.4) is 0 Å². The lowest BCUT2D eigenvalue weighted by molar-refractivity contribution is -0.114. The Bertz CT molecular complexity index is 741. The van der Waals surface area contributed by atoms with Gasteiger partial charge < -0.3 is 16.0 Å². The van der Waals surface area contributed by atoms with Crippen LogP contribution in [0.2, 0.25) is 0 Å². The molecule has 1 aliphatic carbocycles. The third-order valence-corrected chi connectivity index (χ3v) is 3.39. The van der Waals surface area contributed by atoms with E-state index in [1.165, 1.54) is 6.92 Å². The van der Waals surface area contributed by atoms with E-state index in [4.69, 9.17) is 0 Å². The number of pyridine rings is 1. The average molecular weight is 325 g/mol. The van der Waals surface area contributed by atoms with E-state index < -0.39 is 0 Å². The summed E-state index contributed by atoms with van der Waals surface area (Å²) in [7, 11) is 0. The van der Waals surface area contributed by atoms with Gasteiger partial charge in [0.15, 0.2) is 0 Å². The normalized spacial score (nSPS) is 13.0. The molecule has 2 aromatic rings. The molecule has 1 saturated carbocycles. The number of urea groups is 1. The van der Waals surface area contributed by atoms with Gasteiger partial charge in [0.1, 0.15) is 5.82 Å². The SMILES string of the molecule is CC(=O)Nc1cccc(Nc2ccc(NC(=O)NC3CC3)nc2)c1. The van der Waals surface area contributed by atoms with Crippen LogP contribution in [0.5, 0.6) is 0 Å². The van der Waals surface area contributed by atoms with Crippen LogP contribution in [0, 0.1) is 0 Å². The maximum absolute atomic E-state index is 11.7. The molecule has 3 amide bonds. The van der Waals surface area contributed by atoms with Crippen molar-refractivity contribution < 1.29 is 9.59 Å². The number of anilines is 4. The molecule has 0 spiro atoms. The van der Waals surface area contributed by atoms with Gasteiger partial charge in [-0.1, -0.05) is 6.07 Å². The van der Waals surface area contributed by atoms with Gasteiger partial charge in [-0.2, -0.15) is 0 Å². The fourth-order valence-corrected chi connectivity index (χ4v) is 2.15. The van der Waals surface area contributed by atoms with Crippen molar-refractivity contribution in [3.8, 4) is 0 Å². The summed E-state index contributed by atoms with van der Waals surface area (Å²) in [5.74, 6) is 0.374. The van der Waals surface area contributed by atoms with Crippen molar-refractivity contribution in [1.82, 2.24) is 10.3 Å². The Morgan fingerprint density at radius 1 is 1.04 bits per heavy atom. The molecule has 24 heavy (non-hydrogen) atoms. The molecule has 0 atom stereocenters. The van der Waals surface area contributed by atoms with Gasteiger partial charge in [0.2, 0.25) is 5.91 Å². The number of hydrogen-bond acceptors (Lipinski definition) is 4. The fourth-order valence-electron chi connectivity index (χ4n) is 2.15. The number of nitrogens with zero attached hydrogens (tertiary/aromatic N) is 1. The summed E-state index contributed by atoms with van der Waals surface area (Å²) >= 11 is 0. The third kappa shape index (κ3) is 4.70. The monoisotopic (exact) mass is 325 g/mol. The molecule has 7 heteroatoms. The van der Waals surface area contributed by atoms with Crippen LogP contribution in [0.25, 0.3) is 0 Å². The maximum atomic E-state index is 11.7. The Balaban J connectivity index is 1.59. The van der Waals surface area contributed by atoms with Gasteiger partial charge in [-0.3, -0.25) is 10.1 Å². The highest BCUT2D eigenvalue weighted by atomic mass is 16.2. The molecule has 7 nitrogen and oxygen atoms in total. The maximum Gasteiger partial charge on any atom is 0.320 e. The molecule has 3 rings (SSSR count). The summed E-state index contributed by atoms with van der Waals surface area (Å²) in [5, 5.41) is 11.5. The summed E-state index contributed by atoms with van der Waals surface area (Å²) in [5.41, 5.74) is 2.33. The van der Waals surface area contributed by atoms with Gasteiger partial charge in [0.25, 0.3) is 0 Å². The van der Waals surface area contributed by atoms with Crippen LogP contribution < -0.4 is 21.3 Å². The summed E-state index contributed by atoms with van der Waals surface area (Å²) < 4.78 is 0. The second-order valence-corrected chi connectivity index (χ2v) is 5.69. The van der Waals surface area contributed by atoms with E-state index in [9.17, 15) is 9.59 Å². The van der Waals surface area contributed by atoms with Gasteiger partial charge in [-0.05, 0) is 43.2 Å². The number of aromatic nitrogens is 1. The Morgan fingerprint density at radius 3 is 2.50 bits per heavy atom. The van der Waals surface area contributed by atoms with E-state index in [-0.39, 0.29) is 11.9 Å². The van der Waals surface area contributed by atoms with Crippen molar-refractivity contribution in [3.05, 3.63) is 42.6 Å². The first-order valence-electron chi connectivity index (χ1n) is 7.77. The Morgan fingerprint density at radius 2 is 1.83 bits per heavy atom. The number of amides is 3. The zero-order valence-electron chi connectivity index (χ0n) is 13.3. The summed E-state index contributed by atoms with van der Waals surface area (Å²) in [6, 6.07) is 11.0. The Kier molecular flexibility index (Phi) is 4.60. The first-order chi connectivity index (χ1) is 11.6. The van der Waals surface area contributed by atoms with E-state index >= 15 is 0 Å². The van der Waals surface area contributed by atoms with Crippen molar-refractivity contribution in [2.75, 3.05) is 16.0 Å². The van der Waals surface area contributed by atoms with E-state index in [0.717, 1.165) is 29.9 Å². The number of rotatable bonds is 5. The van der Waals surface area contributed by atoms with Crippen LogP contribution in [-0.2, 0) is 4.79 Å². The van der Waals surface area contributed by atoms with Crippen molar-refractivity contribution in [1.29, 1.82) is 0 Å². The molecule has 4 N–H and O–H groups in total. The van der Waals surface area contributed by atoms with Crippen molar-refractivity contribution >= 4 is 34.8 Å². The highest BCUT2D eigenvalue weighted by Gasteiger charge is 2.23. The standard InChI is InChI=1S/C17H19N5O2/c1-11(23)19-13-3-2-4-14(9-13)20-15-7-8-16(18-10-15)22-17(24)21-12-5-6-12/h2-4,7-10,12,20H,5-6H2,1H3,(H,19,23)(H2,18,21,22,24). The highest BCUT2D eigenvalue weighted by Crippen LogP contribution is 2.21. The van der Waals surface area contributed by atoms with E-state index in [2.05, 4.69) is 26.3 Å². The predicted molar refractivity (Wildman–Crippen MR) is 93.4 cm³/mol. The molecule has 1 fully saturated rings. The van der Waals surface area contributed by atoms with Crippen LogP contribution in [-0.4, -0.2) is 23.0 Å². The van der Waals surface area contributed by atoms with Crippen LogP contribution in [0.15, 0.2) is 42.6 Å². The summed E-state index contributed by atoms with van der Waals surface area (Å²) in [4.78, 5) is 27.0. The molecule has 1 aromatic heterocycles. The molecule has 0 bridgehead atoms. The molecular formula is C17H19N5O2. The number of carbonyl (C=O) groups is 2. The molecule has 1 heterocycles. The molecular weight excluding hydrogens is 306 g/mol. The predicted octanol–water partition coefficient (Wildman–Crippen LogP) is 3.07. The fraction of sp³-hybridized carbons (Fsp3) is 0.235. The quantitative estimate of drug-likeness (QED) is 0.679. The molecule has 0 aliphatic heterocycles. The summed E-state index contributed by atoms with van der Waals surface area (Å²) in [6.07, 6.45) is 3.72. The van der Waals surface area contributed by atoms with Crippen molar-refractivity contribution in [2.45, 2.75) is 25.8 Å². The lowest BCUT2D eigenvalue weighted by Gasteiger charge is -2.10. The van der Waals surface area contributed by atoms with Gasteiger partial charge >= 0.3 is 6.03 Å². The minimum absolute atomic E-state index is 0.117. The van der Waals surface area contributed by atoms with Crippen LogP contribution in [0.4, 0.5) is 27.7 Å². The second-order valence-electron chi connectivity index (χ2n) is 5.69. The van der Waals surface area contributed by atoms with Crippen LogP contribution >= 0.6 is 0 Å². The largest absolute Gasteiger partial charge is 0.354 e. The first-order valence-corrected chi connectivity index (χ1v) is 7.77. The van der Waals surface area contributed by atoms with Crippen LogP contribution in [0.1, 0.15) is 19.8 Å². The molecule has 0 saturated heterocycles. The number of benzene rings is 1. The van der Waals surface area contributed by atoms with Gasteiger partial charge in [0.05, 0.1) is 11.9 Å². The molecule has 0 unspecified atom stereocenters. The van der Waals surface area contributed by atoms with Crippen molar-refractivity contribution in [2.24, 2.45) is 0 Å². The Labute approximate surface area is 139 Å². The lowest BCUT2D eigenvalue weighted by atomic mass is 10.2. The summed E-state index contributed by atoms with van der Waals surface area (Å²) in [6.45, 7) is 1.47. The van der Waals surface area contributed by atoms with Gasteiger partial charge in [0, 0.05) is 24.3 Å². The number of nitrogens with one attached hydrogen (secondary N) is 4. The van der Waals surface area contributed by atoms with E-state index in [1.807, 2.05) is 30.3 Å². The minimum Gasteiger partial charge on any atom is -0.354 e. The van der Waals surface area contributed by atoms with E-state index in [0.29, 0.717) is 11.9 Å². The molecule has 1 aromatic carbocycles. The number of carbonyl (C=O) groups excluding carboxylic acids is 2. The average Bonchev–Trinajstić information content (AvgIpc) is 3.33. The zero-order valence-corrected chi connectivity index (χ0v) is 13.3. The second kappa shape index (κ2) is 6.99. The first kappa shape index (κ1) is 15.8. The minimum atomic E-state index is -0.228.